The van der Waals surface area contributed by atoms with Gasteiger partial charge in [-0.2, -0.15) is 0 Å². The van der Waals surface area contributed by atoms with Crippen LogP contribution in [0.3, 0.4) is 0 Å². The summed E-state index contributed by atoms with van der Waals surface area (Å²) in [4.78, 5) is 0. The lowest BCUT2D eigenvalue weighted by Crippen LogP contribution is -1.95. The van der Waals surface area contributed by atoms with Gasteiger partial charge in [0.2, 0.25) is 0 Å². The minimum absolute atomic E-state index is 0.365. The van der Waals surface area contributed by atoms with Crippen LogP contribution < -0.4 is 0 Å². The van der Waals surface area contributed by atoms with Crippen molar-refractivity contribution in [3.05, 3.63) is 42.2 Å². The topological polar surface area (TPSA) is 40.5 Å². The minimum atomic E-state index is -0.757. The molecule has 0 fully saturated rings. The van der Waals surface area contributed by atoms with Crippen molar-refractivity contribution in [2.45, 2.75) is 12.5 Å². The Bertz CT molecular complexity index is 310. The predicted octanol–water partition coefficient (Wildman–Crippen LogP) is 2.14. The molecule has 0 aliphatic rings. The largest absolute Gasteiger partial charge is 0.505 e. The molecule has 1 atom stereocenters. The van der Waals surface area contributed by atoms with Crippen LogP contribution in [0.2, 0.25) is 0 Å². The lowest BCUT2D eigenvalue weighted by molar-refractivity contribution is 0.181. The molecule has 0 amide bonds. The Kier molecular flexibility index (Phi) is 3.03. The molecule has 13 heavy (non-hydrogen) atoms. The zero-order valence-electron chi connectivity index (χ0n) is 7.07. The lowest BCUT2D eigenvalue weighted by Gasteiger charge is -2.08. The van der Waals surface area contributed by atoms with E-state index in [4.69, 9.17) is 5.11 Å². The molecule has 0 aliphatic heterocycles. The minimum Gasteiger partial charge on any atom is -0.505 e. The number of hydrogen-bond acceptors (Lipinski definition) is 2. The van der Waals surface area contributed by atoms with Gasteiger partial charge in [0.1, 0.15) is 0 Å². The molecule has 0 saturated carbocycles. The highest BCUT2D eigenvalue weighted by Gasteiger charge is 2.08. The Morgan fingerprint density at radius 3 is 2.77 bits per heavy atom. The molecule has 0 aliphatic carbocycles. The van der Waals surface area contributed by atoms with Gasteiger partial charge in [-0.05, 0) is 24.1 Å². The van der Waals surface area contributed by atoms with Crippen molar-refractivity contribution in [2.24, 2.45) is 0 Å². The normalized spacial score (nSPS) is 12.5. The molecule has 0 unspecified atom stereocenters. The van der Waals surface area contributed by atoms with E-state index in [1.165, 1.54) is 12.1 Å². The molecular weight excluding hydrogens is 171 g/mol. The van der Waals surface area contributed by atoms with Crippen molar-refractivity contribution < 1.29 is 14.6 Å². The highest BCUT2D eigenvalue weighted by atomic mass is 19.1. The van der Waals surface area contributed by atoms with Crippen molar-refractivity contribution in [1.29, 1.82) is 0 Å². The van der Waals surface area contributed by atoms with Gasteiger partial charge in [0.15, 0.2) is 11.6 Å². The van der Waals surface area contributed by atoms with Gasteiger partial charge >= 0.3 is 0 Å². The SMILES string of the molecule is C=CC[C@@H](O)c1ccc(O)c(F)c1. The molecule has 3 heteroatoms. The first-order valence-corrected chi connectivity index (χ1v) is 3.92. The van der Waals surface area contributed by atoms with Crippen LogP contribution in [0.4, 0.5) is 4.39 Å². The van der Waals surface area contributed by atoms with E-state index in [0.717, 1.165) is 6.07 Å². The summed E-state index contributed by atoms with van der Waals surface area (Å²) >= 11 is 0. The molecule has 2 N–H and O–H groups in total. The van der Waals surface area contributed by atoms with Gasteiger partial charge in [-0.25, -0.2) is 4.39 Å². The van der Waals surface area contributed by atoms with Crippen molar-refractivity contribution in [3.63, 3.8) is 0 Å². The Balaban J connectivity index is 2.89. The summed E-state index contributed by atoms with van der Waals surface area (Å²) in [6.45, 7) is 3.46. The van der Waals surface area contributed by atoms with Crippen molar-refractivity contribution >= 4 is 0 Å². The van der Waals surface area contributed by atoms with Crippen molar-refractivity contribution in [1.82, 2.24) is 0 Å². The molecule has 1 aromatic rings. The fourth-order valence-electron chi connectivity index (χ4n) is 1.02. The Morgan fingerprint density at radius 2 is 2.23 bits per heavy atom. The average molecular weight is 182 g/mol. The fraction of sp³-hybridized carbons (Fsp3) is 0.200. The molecule has 0 radical (unpaired) electrons. The highest BCUT2D eigenvalue weighted by molar-refractivity contribution is 5.29. The number of aromatic hydroxyl groups is 1. The van der Waals surface area contributed by atoms with E-state index >= 15 is 0 Å². The third-order valence-corrected chi connectivity index (χ3v) is 1.75. The lowest BCUT2D eigenvalue weighted by atomic mass is 10.1. The molecule has 0 spiro atoms. The Hall–Kier alpha value is -1.35. The number of hydrogen-bond donors (Lipinski definition) is 2. The summed E-state index contributed by atoms with van der Waals surface area (Å²) in [6.07, 6.45) is 1.16. The fourth-order valence-corrected chi connectivity index (χ4v) is 1.02. The molecule has 0 bridgehead atoms. The Labute approximate surface area is 76.0 Å². The summed E-state index contributed by atoms with van der Waals surface area (Å²) < 4.78 is 12.8. The third-order valence-electron chi connectivity index (χ3n) is 1.75. The quantitative estimate of drug-likeness (QED) is 0.703. The second kappa shape index (κ2) is 4.05. The summed E-state index contributed by atoms with van der Waals surface area (Å²) in [5.74, 6) is -1.13. The molecular formula is C10H11FO2. The van der Waals surface area contributed by atoms with Crippen molar-refractivity contribution in [3.8, 4) is 5.75 Å². The Morgan fingerprint density at radius 1 is 1.54 bits per heavy atom. The number of rotatable bonds is 3. The zero-order chi connectivity index (χ0) is 9.84. The van der Waals surface area contributed by atoms with Gasteiger partial charge < -0.3 is 10.2 Å². The van der Waals surface area contributed by atoms with E-state index in [-0.39, 0.29) is 0 Å². The van der Waals surface area contributed by atoms with E-state index in [9.17, 15) is 9.50 Å². The number of aliphatic hydroxyl groups excluding tert-OH is 1. The second-order valence-electron chi connectivity index (χ2n) is 2.75. The highest BCUT2D eigenvalue weighted by Crippen LogP contribution is 2.22. The first kappa shape index (κ1) is 9.74. The van der Waals surface area contributed by atoms with E-state index in [1.54, 1.807) is 6.08 Å². The third kappa shape index (κ3) is 2.29. The van der Waals surface area contributed by atoms with E-state index in [2.05, 4.69) is 6.58 Å². The van der Waals surface area contributed by atoms with Crippen LogP contribution in [0, 0.1) is 5.82 Å². The predicted molar refractivity (Wildman–Crippen MR) is 47.8 cm³/mol. The molecule has 0 saturated heterocycles. The maximum atomic E-state index is 12.8. The molecule has 1 aromatic carbocycles. The van der Waals surface area contributed by atoms with E-state index < -0.39 is 17.7 Å². The van der Waals surface area contributed by atoms with E-state index in [1.807, 2.05) is 0 Å². The van der Waals surface area contributed by atoms with Gasteiger partial charge in [-0.1, -0.05) is 12.1 Å². The molecule has 2 nitrogen and oxygen atoms in total. The van der Waals surface area contributed by atoms with Gasteiger partial charge in [-0.15, -0.1) is 6.58 Å². The maximum Gasteiger partial charge on any atom is 0.165 e. The van der Waals surface area contributed by atoms with Crippen LogP contribution in [0.15, 0.2) is 30.9 Å². The molecule has 0 aromatic heterocycles. The summed E-state index contributed by atoms with van der Waals surface area (Å²) in [7, 11) is 0. The number of phenolic OH excluding ortho intramolecular Hbond substituents is 1. The van der Waals surface area contributed by atoms with Gasteiger partial charge in [-0.3, -0.25) is 0 Å². The van der Waals surface area contributed by atoms with Gasteiger partial charge in [0, 0.05) is 0 Å². The number of halogens is 1. The van der Waals surface area contributed by atoms with Crippen LogP contribution >= 0.6 is 0 Å². The standard InChI is InChI=1S/C10H11FO2/c1-2-3-9(12)7-4-5-10(13)8(11)6-7/h2,4-6,9,12-13H,1,3H2/t9-/m1/s1. The van der Waals surface area contributed by atoms with E-state index in [0.29, 0.717) is 12.0 Å². The molecule has 70 valence electrons. The monoisotopic (exact) mass is 182 g/mol. The summed E-state index contributed by atoms with van der Waals surface area (Å²) in [6, 6.07) is 3.81. The van der Waals surface area contributed by atoms with Crippen LogP contribution in [-0.2, 0) is 0 Å². The zero-order valence-corrected chi connectivity index (χ0v) is 7.07. The smallest absolute Gasteiger partial charge is 0.165 e. The summed E-state index contributed by atoms with van der Waals surface area (Å²) in [5.41, 5.74) is 0.440. The average Bonchev–Trinajstić information content (AvgIpc) is 2.10. The number of aliphatic hydroxyl groups is 1. The van der Waals surface area contributed by atoms with Crippen molar-refractivity contribution in [2.75, 3.05) is 0 Å². The second-order valence-corrected chi connectivity index (χ2v) is 2.75. The van der Waals surface area contributed by atoms with Gasteiger partial charge in [0.05, 0.1) is 6.10 Å². The van der Waals surface area contributed by atoms with Gasteiger partial charge in [0.25, 0.3) is 0 Å². The molecule has 1 rings (SSSR count). The first-order chi connectivity index (χ1) is 6.15. The van der Waals surface area contributed by atoms with Crippen LogP contribution in [-0.4, -0.2) is 10.2 Å². The first-order valence-electron chi connectivity index (χ1n) is 3.92. The number of phenols is 1. The van der Waals surface area contributed by atoms with Crippen LogP contribution in [0.1, 0.15) is 18.1 Å². The molecule has 0 heterocycles. The number of benzene rings is 1. The van der Waals surface area contributed by atoms with Crippen LogP contribution in [0.5, 0.6) is 5.75 Å². The summed E-state index contributed by atoms with van der Waals surface area (Å²) in [5, 5.41) is 18.3. The van der Waals surface area contributed by atoms with Crippen LogP contribution in [0.25, 0.3) is 0 Å². The maximum absolute atomic E-state index is 12.8.